The fraction of sp³-hybridized carbons (Fsp3) is 0.727. The quantitative estimate of drug-likeness (QED) is 0.749. The summed E-state index contributed by atoms with van der Waals surface area (Å²) in [5.74, 6) is -0.165. The first-order valence-corrected chi connectivity index (χ1v) is 10.1. The van der Waals surface area contributed by atoms with Crippen molar-refractivity contribution in [1.29, 1.82) is 0 Å². The Bertz CT molecular complexity index is 540. The Kier molecular flexibility index (Phi) is 6.73. The molecule has 3 atom stereocenters. The Morgan fingerprint density at radius 3 is 2.65 bits per heavy atom. The van der Waals surface area contributed by atoms with Gasteiger partial charge in [0.2, 0.25) is 0 Å². The van der Waals surface area contributed by atoms with Gasteiger partial charge in [0.1, 0.15) is 0 Å². The average molecular weight is 363 g/mol. The second-order valence-electron chi connectivity index (χ2n) is 8.22. The monoisotopic (exact) mass is 362 g/mol. The molecule has 3 unspecified atom stereocenters. The van der Waals surface area contributed by atoms with E-state index in [9.17, 15) is 5.11 Å². The number of aliphatic hydroxyl groups excluding tert-OH is 1. The third-order valence-electron chi connectivity index (χ3n) is 6.31. The normalized spacial score (nSPS) is 29.1. The van der Waals surface area contributed by atoms with Crippen molar-refractivity contribution >= 4 is 0 Å². The summed E-state index contributed by atoms with van der Waals surface area (Å²) in [6.07, 6.45) is 6.26. The maximum absolute atomic E-state index is 9.33. The van der Waals surface area contributed by atoms with Gasteiger partial charge in [0.25, 0.3) is 0 Å². The smallest absolute Gasteiger partial charge is 0.176 e. The van der Waals surface area contributed by atoms with Gasteiger partial charge < -0.3 is 19.3 Å². The van der Waals surface area contributed by atoms with Crippen LogP contribution in [0.1, 0.15) is 57.9 Å². The molecule has 0 amide bonds. The molecule has 1 aromatic rings. The summed E-state index contributed by atoms with van der Waals surface area (Å²) in [6.45, 7) is 6.62. The van der Waals surface area contributed by atoms with Gasteiger partial charge in [-0.05, 0) is 37.2 Å². The fourth-order valence-electron chi connectivity index (χ4n) is 4.60. The van der Waals surface area contributed by atoms with Gasteiger partial charge in [-0.25, -0.2) is 0 Å². The van der Waals surface area contributed by atoms with Crippen molar-refractivity contribution in [2.24, 2.45) is 11.3 Å². The lowest BCUT2D eigenvalue weighted by molar-refractivity contribution is -0.289. The average Bonchev–Trinajstić information content (AvgIpc) is 3.14. The number of ether oxygens (including phenoxy) is 3. The van der Waals surface area contributed by atoms with E-state index in [0.717, 1.165) is 38.5 Å². The summed E-state index contributed by atoms with van der Waals surface area (Å²) >= 11 is 0. The molecule has 1 aliphatic carbocycles. The Hall–Kier alpha value is -0.940. The van der Waals surface area contributed by atoms with Crippen LogP contribution in [0.4, 0.5) is 0 Å². The SMILES string of the molecule is CC(CO)CCCC1(C)C(OCc2ccccc2)CCCC12OCCO2. The van der Waals surface area contributed by atoms with Crippen molar-refractivity contribution in [2.75, 3.05) is 19.8 Å². The van der Waals surface area contributed by atoms with Crippen LogP contribution in [0.2, 0.25) is 0 Å². The van der Waals surface area contributed by atoms with Crippen molar-refractivity contribution in [2.45, 2.75) is 70.9 Å². The van der Waals surface area contributed by atoms with Crippen molar-refractivity contribution in [3.63, 3.8) is 0 Å². The number of benzene rings is 1. The van der Waals surface area contributed by atoms with Crippen LogP contribution < -0.4 is 0 Å². The van der Waals surface area contributed by atoms with Gasteiger partial charge >= 0.3 is 0 Å². The van der Waals surface area contributed by atoms with E-state index in [1.54, 1.807) is 0 Å². The summed E-state index contributed by atoms with van der Waals surface area (Å²) in [5.41, 5.74) is 1.04. The molecule has 4 heteroatoms. The Labute approximate surface area is 157 Å². The molecule has 2 fully saturated rings. The third-order valence-corrected chi connectivity index (χ3v) is 6.31. The minimum Gasteiger partial charge on any atom is -0.396 e. The van der Waals surface area contributed by atoms with Crippen LogP contribution in [0.15, 0.2) is 30.3 Å². The number of hydrogen-bond donors (Lipinski definition) is 1. The van der Waals surface area contributed by atoms with Gasteiger partial charge in [0.15, 0.2) is 5.79 Å². The molecule has 1 saturated carbocycles. The molecule has 1 saturated heterocycles. The lowest BCUT2D eigenvalue weighted by atomic mass is 9.65. The summed E-state index contributed by atoms with van der Waals surface area (Å²) in [4.78, 5) is 0. The van der Waals surface area contributed by atoms with Crippen LogP contribution in [0.25, 0.3) is 0 Å². The molecule has 146 valence electrons. The second kappa shape index (κ2) is 8.83. The van der Waals surface area contributed by atoms with Crippen LogP contribution in [0, 0.1) is 11.3 Å². The predicted molar refractivity (Wildman–Crippen MR) is 102 cm³/mol. The number of rotatable bonds is 8. The van der Waals surface area contributed by atoms with Crippen molar-refractivity contribution in [3.05, 3.63) is 35.9 Å². The first kappa shape index (κ1) is 19.8. The van der Waals surface area contributed by atoms with Gasteiger partial charge in [-0.3, -0.25) is 0 Å². The van der Waals surface area contributed by atoms with E-state index in [1.165, 1.54) is 5.56 Å². The predicted octanol–water partition coefficient (Wildman–Crippen LogP) is 4.30. The number of hydrogen-bond acceptors (Lipinski definition) is 4. The topological polar surface area (TPSA) is 47.9 Å². The van der Waals surface area contributed by atoms with E-state index in [2.05, 4.69) is 38.1 Å². The van der Waals surface area contributed by atoms with Gasteiger partial charge in [0, 0.05) is 18.4 Å². The largest absolute Gasteiger partial charge is 0.396 e. The molecule has 1 spiro atoms. The Morgan fingerprint density at radius 1 is 1.23 bits per heavy atom. The maximum atomic E-state index is 9.33. The van der Waals surface area contributed by atoms with Gasteiger partial charge in [-0.15, -0.1) is 0 Å². The van der Waals surface area contributed by atoms with E-state index in [1.807, 2.05) is 6.07 Å². The zero-order chi connectivity index (χ0) is 18.5. The molecule has 0 aromatic heterocycles. The lowest BCUT2D eigenvalue weighted by Gasteiger charge is -2.52. The van der Waals surface area contributed by atoms with Crippen molar-refractivity contribution in [3.8, 4) is 0 Å². The van der Waals surface area contributed by atoms with E-state index >= 15 is 0 Å². The van der Waals surface area contributed by atoms with Gasteiger partial charge in [0.05, 0.1) is 25.9 Å². The van der Waals surface area contributed by atoms with Crippen LogP contribution in [-0.4, -0.2) is 36.8 Å². The minimum absolute atomic E-state index is 0.124. The molecule has 1 aliphatic heterocycles. The van der Waals surface area contributed by atoms with Crippen LogP contribution in [0.3, 0.4) is 0 Å². The van der Waals surface area contributed by atoms with Crippen LogP contribution in [0.5, 0.6) is 0 Å². The summed E-state index contributed by atoms with van der Waals surface area (Å²) in [6, 6.07) is 10.4. The van der Waals surface area contributed by atoms with Crippen molar-refractivity contribution in [1.82, 2.24) is 0 Å². The molecule has 3 rings (SSSR count). The summed E-state index contributed by atoms with van der Waals surface area (Å²) in [7, 11) is 0. The standard InChI is InChI=1S/C22H34O4/c1-18(16-23)8-6-12-21(2)20(24-17-19-9-4-3-5-10-19)11-7-13-22(21)25-14-15-26-22/h3-5,9-10,18,20,23H,6-8,11-17H2,1-2H3. The van der Waals surface area contributed by atoms with Crippen LogP contribution >= 0.6 is 0 Å². The molecule has 1 heterocycles. The summed E-state index contributed by atoms with van der Waals surface area (Å²) in [5, 5.41) is 9.33. The highest BCUT2D eigenvalue weighted by atomic mass is 16.7. The molecule has 0 radical (unpaired) electrons. The molecule has 2 aliphatic rings. The Balaban J connectivity index is 1.71. The maximum Gasteiger partial charge on any atom is 0.176 e. The molecule has 1 aromatic carbocycles. The minimum atomic E-state index is -0.505. The second-order valence-corrected chi connectivity index (χ2v) is 8.22. The molecule has 26 heavy (non-hydrogen) atoms. The van der Waals surface area contributed by atoms with Gasteiger partial charge in [-0.2, -0.15) is 0 Å². The molecule has 4 nitrogen and oxygen atoms in total. The lowest BCUT2D eigenvalue weighted by Crippen LogP contribution is -2.57. The van der Waals surface area contributed by atoms with Gasteiger partial charge in [-0.1, -0.05) is 50.6 Å². The highest BCUT2D eigenvalue weighted by molar-refractivity contribution is 5.13. The summed E-state index contributed by atoms with van der Waals surface area (Å²) < 4.78 is 18.9. The molecule has 0 bridgehead atoms. The van der Waals surface area contributed by atoms with E-state index in [0.29, 0.717) is 25.7 Å². The molecule has 1 N–H and O–H groups in total. The van der Waals surface area contributed by atoms with E-state index in [4.69, 9.17) is 14.2 Å². The van der Waals surface area contributed by atoms with Crippen molar-refractivity contribution < 1.29 is 19.3 Å². The molecular formula is C22H34O4. The van der Waals surface area contributed by atoms with E-state index < -0.39 is 5.79 Å². The number of aliphatic hydroxyl groups is 1. The Morgan fingerprint density at radius 2 is 1.96 bits per heavy atom. The first-order chi connectivity index (χ1) is 12.6. The third kappa shape index (κ3) is 4.14. The van der Waals surface area contributed by atoms with E-state index in [-0.39, 0.29) is 18.1 Å². The molecular weight excluding hydrogens is 328 g/mol. The highest BCUT2D eigenvalue weighted by Gasteiger charge is 2.58. The fourth-order valence-corrected chi connectivity index (χ4v) is 4.60. The zero-order valence-corrected chi connectivity index (χ0v) is 16.3. The zero-order valence-electron chi connectivity index (χ0n) is 16.3. The highest BCUT2D eigenvalue weighted by Crippen LogP contribution is 2.53. The van der Waals surface area contributed by atoms with Crippen LogP contribution in [-0.2, 0) is 20.8 Å². The first-order valence-electron chi connectivity index (χ1n) is 10.1.